The molecule has 0 bridgehead atoms. The monoisotopic (exact) mass is 233 g/mol. The minimum atomic E-state index is -0.825. The third-order valence-corrected chi connectivity index (χ3v) is 2.38. The van der Waals surface area contributed by atoms with Crippen LogP contribution in [-0.4, -0.2) is 10.1 Å². The van der Waals surface area contributed by atoms with Crippen molar-refractivity contribution in [2.75, 3.05) is 0 Å². The van der Waals surface area contributed by atoms with Crippen LogP contribution in [0.1, 0.15) is 24.3 Å². The SMILES string of the molecule is Cc1nc(F)c([C@H](C)O)cc1Br. The van der Waals surface area contributed by atoms with Gasteiger partial charge in [0, 0.05) is 10.0 Å². The van der Waals surface area contributed by atoms with Gasteiger partial charge in [-0.25, -0.2) is 4.98 Å². The fraction of sp³-hybridized carbons (Fsp3) is 0.375. The van der Waals surface area contributed by atoms with Crippen molar-refractivity contribution in [3.63, 3.8) is 0 Å². The Labute approximate surface area is 78.6 Å². The Balaban J connectivity index is 3.23. The number of nitrogens with zero attached hydrogens (tertiary/aromatic N) is 1. The third kappa shape index (κ3) is 1.81. The maximum atomic E-state index is 13.0. The second-order valence-corrected chi connectivity index (χ2v) is 3.47. The van der Waals surface area contributed by atoms with Crippen LogP contribution in [0, 0.1) is 12.9 Å². The van der Waals surface area contributed by atoms with Crippen LogP contribution in [0.25, 0.3) is 0 Å². The quantitative estimate of drug-likeness (QED) is 0.756. The van der Waals surface area contributed by atoms with E-state index in [9.17, 15) is 4.39 Å². The van der Waals surface area contributed by atoms with Crippen LogP contribution in [0.4, 0.5) is 4.39 Å². The largest absolute Gasteiger partial charge is 0.389 e. The molecule has 1 N–H and O–H groups in total. The van der Waals surface area contributed by atoms with E-state index in [2.05, 4.69) is 20.9 Å². The summed E-state index contributed by atoms with van der Waals surface area (Å²) in [4.78, 5) is 3.62. The highest BCUT2D eigenvalue weighted by atomic mass is 79.9. The van der Waals surface area contributed by atoms with Gasteiger partial charge in [0.2, 0.25) is 5.95 Å². The average molecular weight is 234 g/mol. The lowest BCUT2D eigenvalue weighted by molar-refractivity contribution is 0.192. The maximum absolute atomic E-state index is 13.0. The fourth-order valence-electron chi connectivity index (χ4n) is 0.859. The summed E-state index contributed by atoms with van der Waals surface area (Å²) in [7, 11) is 0. The van der Waals surface area contributed by atoms with Gasteiger partial charge in [-0.15, -0.1) is 0 Å². The minimum Gasteiger partial charge on any atom is -0.389 e. The maximum Gasteiger partial charge on any atom is 0.218 e. The highest BCUT2D eigenvalue weighted by Crippen LogP contribution is 2.22. The summed E-state index contributed by atoms with van der Waals surface area (Å²) < 4.78 is 13.7. The van der Waals surface area contributed by atoms with Crippen LogP contribution in [0.3, 0.4) is 0 Å². The Morgan fingerprint density at radius 2 is 2.25 bits per heavy atom. The lowest BCUT2D eigenvalue weighted by Gasteiger charge is -2.07. The lowest BCUT2D eigenvalue weighted by Crippen LogP contribution is -2.00. The van der Waals surface area contributed by atoms with Gasteiger partial charge < -0.3 is 5.11 Å². The van der Waals surface area contributed by atoms with Gasteiger partial charge >= 0.3 is 0 Å². The number of aliphatic hydroxyl groups excluding tert-OH is 1. The van der Waals surface area contributed by atoms with Crippen molar-refractivity contribution >= 4 is 15.9 Å². The van der Waals surface area contributed by atoms with Gasteiger partial charge in [0.1, 0.15) is 0 Å². The Morgan fingerprint density at radius 3 is 2.75 bits per heavy atom. The predicted octanol–water partition coefficient (Wildman–Crippen LogP) is 2.34. The molecule has 0 fully saturated rings. The van der Waals surface area contributed by atoms with E-state index < -0.39 is 12.1 Å². The van der Waals surface area contributed by atoms with E-state index in [0.717, 1.165) is 0 Å². The summed E-state index contributed by atoms with van der Waals surface area (Å²) >= 11 is 3.21. The first-order chi connectivity index (χ1) is 5.52. The van der Waals surface area contributed by atoms with Crippen LogP contribution in [0.5, 0.6) is 0 Å². The van der Waals surface area contributed by atoms with E-state index in [1.165, 1.54) is 6.92 Å². The summed E-state index contributed by atoms with van der Waals surface area (Å²) in [5.41, 5.74) is 0.796. The van der Waals surface area contributed by atoms with Crippen LogP contribution < -0.4 is 0 Å². The van der Waals surface area contributed by atoms with E-state index in [1.807, 2.05) is 0 Å². The van der Waals surface area contributed by atoms with Crippen molar-refractivity contribution in [3.8, 4) is 0 Å². The molecular formula is C8H9BrFNO. The van der Waals surface area contributed by atoms with Crippen molar-refractivity contribution < 1.29 is 9.50 Å². The molecule has 66 valence electrons. The number of aliphatic hydroxyl groups is 1. The first-order valence-electron chi connectivity index (χ1n) is 3.53. The topological polar surface area (TPSA) is 33.1 Å². The molecule has 0 aromatic carbocycles. The smallest absolute Gasteiger partial charge is 0.218 e. The fourth-order valence-corrected chi connectivity index (χ4v) is 1.19. The zero-order valence-electron chi connectivity index (χ0n) is 6.81. The van der Waals surface area contributed by atoms with Crippen molar-refractivity contribution in [1.82, 2.24) is 4.98 Å². The standard InChI is InChI=1S/C8H9BrFNO/c1-4-7(9)3-6(5(2)12)8(10)11-4/h3,5,12H,1-2H3/t5-/m0/s1. The van der Waals surface area contributed by atoms with Gasteiger partial charge in [-0.1, -0.05) is 0 Å². The number of pyridine rings is 1. The molecule has 1 rings (SSSR count). The number of rotatable bonds is 1. The van der Waals surface area contributed by atoms with E-state index in [4.69, 9.17) is 5.11 Å². The summed E-state index contributed by atoms with van der Waals surface area (Å²) in [5, 5.41) is 9.12. The zero-order chi connectivity index (χ0) is 9.30. The number of hydrogen-bond acceptors (Lipinski definition) is 2. The van der Waals surface area contributed by atoms with Crippen LogP contribution >= 0.6 is 15.9 Å². The predicted molar refractivity (Wildman–Crippen MR) is 47.3 cm³/mol. The number of aromatic nitrogens is 1. The van der Waals surface area contributed by atoms with Crippen molar-refractivity contribution in [3.05, 3.63) is 27.7 Å². The third-order valence-electron chi connectivity index (χ3n) is 1.58. The molecular weight excluding hydrogens is 225 g/mol. The van der Waals surface area contributed by atoms with Gasteiger partial charge in [-0.2, -0.15) is 4.39 Å². The number of hydrogen-bond donors (Lipinski definition) is 1. The molecule has 1 aromatic rings. The molecule has 0 aliphatic carbocycles. The molecule has 0 aliphatic heterocycles. The van der Waals surface area contributed by atoms with Crippen LogP contribution in [0.15, 0.2) is 10.5 Å². The molecule has 4 heteroatoms. The second kappa shape index (κ2) is 3.49. The summed E-state index contributed by atoms with van der Waals surface area (Å²) in [6, 6.07) is 1.54. The Morgan fingerprint density at radius 1 is 1.67 bits per heavy atom. The van der Waals surface area contributed by atoms with Crippen molar-refractivity contribution in [2.45, 2.75) is 20.0 Å². The molecule has 2 nitrogen and oxygen atoms in total. The molecule has 12 heavy (non-hydrogen) atoms. The molecule has 1 atom stereocenters. The lowest BCUT2D eigenvalue weighted by atomic mass is 10.2. The second-order valence-electron chi connectivity index (χ2n) is 2.61. The molecule has 0 radical (unpaired) electrons. The van der Waals surface area contributed by atoms with Crippen molar-refractivity contribution in [2.24, 2.45) is 0 Å². The van der Waals surface area contributed by atoms with E-state index in [0.29, 0.717) is 10.2 Å². The van der Waals surface area contributed by atoms with Crippen LogP contribution in [0.2, 0.25) is 0 Å². The van der Waals surface area contributed by atoms with Crippen LogP contribution in [-0.2, 0) is 0 Å². The molecule has 0 aliphatic rings. The highest BCUT2D eigenvalue weighted by Gasteiger charge is 2.11. The zero-order valence-corrected chi connectivity index (χ0v) is 8.39. The molecule has 0 spiro atoms. The molecule has 0 amide bonds. The molecule has 0 unspecified atom stereocenters. The number of aryl methyl sites for hydroxylation is 1. The van der Waals surface area contributed by atoms with E-state index >= 15 is 0 Å². The van der Waals surface area contributed by atoms with Gasteiger partial charge in [-0.05, 0) is 35.8 Å². The Bertz CT molecular complexity index is 301. The average Bonchev–Trinajstić information content (AvgIpc) is 1.96. The van der Waals surface area contributed by atoms with Gasteiger partial charge in [-0.3, -0.25) is 0 Å². The van der Waals surface area contributed by atoms with Gasteiger partial charge in [0.25, 0.3) is 0 Å². The molecule has 1 aromatic heterocycles. The van der Waals surface area contributed by atoms with E-state index in [-0.39, 0.29) is 5.56 Å². The summed E-state index contributed by atoms with van der Waals surface area (Å²) in [6.07, 6.45) is -0.825. The Kier molecular flexibility index (Phi) is 2.80. The summed E-state index contributed by atoms with van der Waals surface area (Å²) in [6.45, 7) is 3.20. The van der Waals surface area contributed by atoms with Gasteiger partial charge in [0.05, 0.1) is 11.8 Å². The highest BCUT2D eigenvalue weighted by molar-refractivity contribution is 9.10. The van der Waals surface area contributed by atoms with E-state index in [1.54, 1.807) is 13.0 Å². The molecule has 1 heterocycles. The first kappa shape index (κ1) is 9.61. The summed E-state index contributed by atoms with van der Waals surface area (Å²) in [5.74, 6) is -0.606. The van der Waals surface area contributed by atoms with Gasteiger partial charge in [0.15, 0.2) is 0 Å². The minimum absolute atomic E-state index is 0.215. The van der Waals surface area contributed by atoms with Crippen molar-refractivity contribution in [1.29, 1.82) is 0 Å². The first-order valence-corrected chi connectivity index (χ1v) is 4.32. The normalized spacial score (nSPS) is 13.1. The molecule has 0 saturated heterocycles. The Hall–Kier alpha value is -0.480. The molecule has 0 saturated carbocycles. The number of halogens is 2.